The molecule has 0 saturated carbocycles. The van der Waals surface area contributed by atoms with Gasteiger partial charge in [0.2, 0.25) is 0 Å². The molecule has 0 aromatic carbocycles. The number of carboxylic acids is 1. The number of hydrogen-bond acceptors (Lipinski definition) is 1. The smallest absolute Gasteiger partial charge is 0.303 e. The molecule has 12 heavy (non-hydrogen) atoms. The van der Waals surface area contributed by atoms with E-state index < -0.39 is 5.97 Å². The molecule has 2 heteroatoms. The van der Waals surface area contributed by atoms with Gasteiger partial charge in [-0.2, -0.15) is 0 Å². The van der Waals surface area contributed by atoms with E-state index in [1.165, 1.54) is 0 Å². The van der Waals surface area contributed by atoms with Gasteiger partial charge in [0.25, 0.3) is 0 Å². The third kappa shape index (κ3) is 5.96. The predicted molar refractivity (Wildman–Crippen MR) is 50.1 cm³/mol. The normalized spacial score (nSPS) is 13.5. The van der Waals surface area contributed by atoms with E-state index in [9.17, 15) is 4.79 Å². The summed E-state index contributed by atoms with van der Waals surface area (Å²) in [6, 6.07) is 0. The van der Waals surface area contributed by atoms with Crippen molar-refractivity contribution in [3.05, 3.63) is 12.2 Å². The minimum atomic E-state index is -0.700. The van der Waals surface area contributed by atoms with E-state index in [-0.39, 0.29) is 12.3 Å². The second-order valence-electron chi connectivity index (χ2n) is 2.98. The van der Waals surface area contributed by atoms with Gasteiger partial charge >= 0.3 is 5.97 Å². The standard InChI is InChI=1S/C10H18O2/c1-3-5-7-9(6-4-2)8-10(11)12/h5,7,9H,3-4,6,8H2,1-2H3,(H,11,12)/b7-5+. The number of carboxylic acid groups (broad SMARTS) is 1. The van der Waals surface area contributed by atoms with Gasteiger partial charge in [0, 0.05) is 0 Å². The van der Waals surface area contributed by atoms with Crippen LogP contribution >= 0.6 is 0 Å². The first-order valence-electron chi connectivity index (χ1n) is 4.59. The molecule has 0 bridgehead atoms. The summed E-state index contributed by atoms with van der Waals surface area (Å²) in [5, 5.41) is 8.58. The zero-order chi connectivity index (χ0) is 9.40. The van der Waals surface area contributed by atoms with Crippen LogP contribution in [-0.2, 0) is 4.79 Å². The average Bonchev–Trinajstić information content (AvgIpc) is 2.00. The maximum atomic E-state index is 10.4. The molecule has 0 aromatic rings. The zero-order valence-electron chi connectivity index (χ0n) is 7.92. The highest BCUT2D eigenvalue weighted by Crippen LogP contribution is 2.12. The Balaban J connectivity index is 3.85. The van der Waals surface area contributed by atoms with Crippen molar-refractivity contribution in [3.63, 3.8) is 0 Å². The fourth-order valence-corrected chi connectivity index (χ4v) is 1.19. The Kier molecular flexibility index (Phi) is 6.44. The molecule has 0 amide bonds. The summed E-state index contributed by atoms with van der Waals surface area (Å²) in [7, 11) is 0. The summed E-state index contributed by atoms with van der Waals surface area (Å²) in [5.41, 5.74) is 0. The highest BCUT2D eigenvalue weighted by molar-refractivity contribution is 5.67. The highest BCUT2D eigenvalue weighted by atomic mass is 16.4. The Morgan fingerprint density at radius 2 is 2.17 bits per heavy atom. The van der Waals surface area contributed by atoms with E-state index in [4.69, 9.17) is 5.11 Å². The van der Waals surface area contributed by atoms with E-state index in [1.54, 1.807) is 0 Å². The quantitative estimate of drug-likeness (QED) is 0.622. The van der Waals surface area contributed by atoms with Crippen LogP contribution in [0, 0.1) is 5.92 Å². The minimum Gasteiger partial charge on any atom is -0.481 e. The molecule has 0 fully saturated rings. The molecule has 0 spiro atoms. The number of carbonyl (C=O) groups is 1. The van der Waals surface area contributed by atoms with Crippen LogP contribution in [0.3, 0.4) is 0 Å². The van der Waals surface area contributed by atoms with Crippen LogP contribution < -0.4 is 0 Å². The largest absolute Gasteiger partial charge is 0.481 e. The lowest BCUT2D eigenvalue weighted by molar-refractivity contribution is -0.137. The molecule has 2 nitrogen and oxygen atoms in total. The third-order valence-corrected chi connectivity index (χ3v) is 1.74. The number of rotatable bonds is 6. The van der Waals surface area contributed by atoms with Crippen LogP contribution in [0.15, 0.2) is 12.2 Å². The van der Waals surface area contributed by atoms with Gasteiger partial charge in [-0.15, -0.1) is 0 Å². The number of hydrogen-bond donors (Lipinski definition) is 1. The van der Waals surface area contributed by atoms with Crippen LogP contribution in [0.2, 0.25) is 0 Å². The maximum absolute atomic E-state index is 10.4. The van der Waals surface area contributed by atoms with Gasteiger partial charge in [-0.05, 0) is 18.8 Å². The highest BCUT2D eigenvalue weighted by Gasteiger charge is 2.07. The van der Waals surface area contributed by atoms with Gasteiger partial charge < -0.3 is 5.11 Å². The molecule has 0 aliphatic rings. The van der Waals surface area contributed by atoms with Crippen molar-refractivity contribution in [2.45, 2.75) is 39.5 Å². The Morgan fingerprint density at radius 1 is 1.50 bits per heavy atom. The molecule has 0 heterocycles. The van der Waals surface area contributed by atoms with Crippen molar-refractivity contribution >= 4 is 5.97 Å². The first kappa shape index (κ1) is 11.2. The average molecular weight is 170 g/mol. The summed E-state index contributed by atoms with van der Waals surface area (Å²) in [5.74, 6) is -0.471. The number of allylic oxidation sites excluding steroid dienone is 2. The molecule has 1 atom stereocenters. The molecule has 0 aromatic heterocycles. The van der Waals surface area contributed by atoms with E-state index in [2.05, 4.69) is 13.8 Å². The molecule has 70 valence electrons. The van der Waals surface area contributed by atoms with E-state index in [0.29, 0.717) is 0 Å². The van der Waals surface area contributed by atoms with Crippen molar-refractivity contribution in [2.75, 3.05) is 0 Å². The maximum Gasteiger partial charge on any atom is 0.303 e. The molecule has 0 rings (SSSR count). The SMILES string of the molecule is CC/C=C/C(CCC)CC(=O)O. The summed E-state index contributed by atoms with van der Waals surface area (Å²) in [4.78, 5) is 10.4. The van der Waals surface area contributed by atoms with Gasteiger partial charge in [-0.25, -0.2) is 0 Å². The monoisotopic (exact) mass is 170 g/mol. The van der Waals surface area contributed by atoms with Gasteiger partial charge in [0.1, 0.15) is 0 Å². The van der Waals surface area contributed by atoms with Crippen LogP contribution in [-0.4, -0.2) is 11.1 Å². The summed E-state index contributed by atoms with van der Waals surface area (Å²) in [6.07, 6.45) is 7.35. The summed E-state index contributed by atoms with van der Waals surface area (Å²) < 4.78 is 0. The first-order valence-corrected chi connectivity index (χ1v) is 4.59. The van der Waals surface area contributed by atoms with Crippen molar-refractivity contribution in [2.24, 2.45) is 5.92 Å². The molecular formula is C10H18O2. The Bertz CT molecular complexity index is 150. The minimum absolute atomic E-state index is 0.229. The lowest BCUT2D eigenvalue weighted by Crippen LogP contribution is -2.04. The lowest BCUT2D eigenvalue weighted by Gasteiger charge is -2.07. The molecule has 1 N–H and O–H groups in total. The topological polar surface area (TPSA) is 37.3 Å². The Hall–Kier alpha value is -0.790. The van der Waals surface area contributed by atoms with Crippen LogP contribution in [0.5, 0.6) is 0 Å². The third-order valence-electron chi connectivity index (χ3n) is 1.74. The van der Waals surface area contributed by atoms with Gasteiger partial charge in [-0.1, -0.05) is 32.4 Å². The Labute approximate surface area is 74.3 Å². The fraction of sp³-hybridized carbons (Fsp3) is 0.700. The fourth-order valence-electron chi connectivity index (χ4n) is 1.19. The molecule has 0 radical (unpaired) electrons. The van der Waals surface area contributed by atoms with Crippen molar-refractivity contribution in [1.82, 2.24) is 0 Å². The lowest BCUT2D eigenvalue weighted by atomic mass is 9.99. The van der Waals surface area contributed by atoms with Crippen molar-refractivity contribution in [1.29, 1.82) is 0 Å². The van der Waals surface area contributed by atoms with Gasteiger partial charge in [0.05, 0.1) is 6.42 Å². The van der Waals surface area contributed by atoms with E-state index in [0.717, 1.165) is 19.3 Å². The predicted octanol–water partition coefficient (Wildman–Crippen LogP) is 2.84. The Morgan fingerprint density at radius 3 is 2.58 bits per heavy atom. The number of aliphatic carboxylic acids is 1. The molecule has 0 saturated heterocycles. The molecule has 1 unspecified atom stereocenters. The van der Waals surface area contributed by atoms with Gasteiger partial charge in [-0.3, -0.25) is 4.79 Å². The molecule has 0 aliphatic heterocycles. The molecule has 0 aliphatic carbocycles. The first-order chi connectivity index (χ1) is 5.70. The molecular weight excluding hydrogens is 152 g/mol. The van der Waals surface area contributed by atoms with E-state index in [1.807, 2.05) is 12.2 Å². The van der Waals surface area contributed by atoms with Crippen LogP contribution in [0.4, 0.5) is 0 Å². The van der Waals surface area contributed by atoms with E-state index >= 15 is 0 Å². The van der Waals surface area contributed by atoms with Crippen molar-refractivity contribution < 1.29 is 9.90 Å². The summed E-state index contributed by atoms with van der Waals surface area (Å²) in [6.45, 7) is 4.13. The second kappa shape index (κ2) is 6.89. The summed E-state index contributed by atoms with van der Waals surface area (Å²) >= 11 is 0. The van der Waals surface area contributed by atoms with Crippen LogP contribution in [0.25, 0.3) is 0 Å². The van der Waals surface area contributed by atoms with Gasteiger partial charge in [0.15, 0.2) is 0 Å². The second-order valence-corrected chi connectivity index (χ2v) is 2.98. The van der Waals surface area contributed by atoms with Crippen LogP contribution in [0.1, 0.15) is 39.5 Å². The zero-order valence-corrected chi connectivity index (χ0v) is 7.92. The van der Waals surface area contributed by atoms with Crippen molar-refractivity contribution in [3.8, 4) is 0 Å².